The van der Waals surface area contributed by atoms with Gasteiger partial charge < -0.3 is 15.4 Å². The van der Waals surface area contributed by atoms with Gasteiger partial charge in [0.15, 0.2) is 0 Å². The number of rotatable bonds is 6. The summed E-state index contributed by atoms with van der Waals surface area (Å²) >= 11 is 0. The molecular weight excluding hydrogens is 240 g/mol. The largest absolute Gasteiger partial charge is 0.381 e. The summed E-state index contributed by atoms with van der Waals surface area (Å²) < 4.78 is 5.31. The van der Waals surface area contributed by atoms with Crippen LogP contribution >= 0.6 is 0 Å². The summed E-state index contributed by atoms with van der Waals surface area (Å²) in [6.45, 7) is 7.28. The van der Waals surface area contributed by atoms with Crippen LogP contribution in [0.3, 0.4) is 0 Å². The van der Waals surface area contributed by atoms with E-state index in [9.17, 15) is 0 Å². The van der Waals surface area contributed by atoms with Crippen LogP contribution in [0.25, 0.3) is 0 Å². The summed E-state index contributed by atoms with van der Waals surface area (Å²) in [4.78, 5) is 8.76. The summed E-state index contributed by atoms with van der Waals surface area (Å²) in [6.07, 6.45) is 4.12. The molecule has 0 saturated heterocycles. The Hall–Kier alpha value is -1.36. The molecule has 0 aromatic carbocycles. The van der Waals surface area contributed by atoms with Gasteiger partial charge >= 0.3 is 0 Å². The number of anilines is 2. The Morgan fingerprint density at radius 2 is 2.00 bits per heavy atom. The summed E-state index contributed by atoms with van der Waals surface area (Å²) in [5.74, 6) is 2.29. The number of ether oxygens (including phenoxy) is 1. The highest BCUT2D eigenvalue weighted by atomic mass is 16.5. The predicted octanol–water partition coefficient (Wildman–Crippen LogP) is 2.62. The number of hydrogen-bond acceptors (Lipinski definition) is 5. The number of aromatic nitrogens is 2. The molecule has 0 bridgehead atoms. The lowest BCUT2D eigenvalue weighted by Crippen LogP contribution is -2.40. The zero-order valence-corrected chi connectivity index (χ0v) is 12.2. The zero-order chi connectivity index (χ0) is 13.8. The molecule has 0 unspecified atom stereocenters. The van der Waals surface area contributed by atoms with E-state index in [1.807, 2.05) is 0 Å². The lowest BCUT2D eigenvalue weighted by molar-refractivity contribution is 0.0327. The van der Waals surface area contributed by atoms with Crippen molar-refractivity contribution in [1.82, 2.24) is 9.97 Å². The lowest BCUT2D eigenvalue weighted by Gasteiger charge is -2.35. The molecule has 0 radical (unpaired) electrons. The maximum Gasteiger partial charge on any atom is 0.135 e. The van der Waals surface area contributed by atoms with Crippen molar-refractivity contribution >= 4 is 11.6 Å². The molecular formula is C14H24N4O. The van der Waals surface area contributed by atoms with Crippen LogP contribution in [0.4, 0.5) is 11.6 Å². The molecule has 1 aliphatic carbocycles. The molecule has 1 saturated carbocycles. The van der Waals surface area contributed by atoms with Crippen LogP contribution in [0.1, 0.15) is 45.1 Å². The first-order valence-corrected chi connectivity index (χ1v) is 7.03. The molecule has 1 aliphatic rings. The topological polar surface area (TPSA) is 59.1 Å². The van der Waals surface area contributed by atoms with Crippen molar-refractivity contribution in [1.29, 1.82) is 0 Å². The zero-order valence-electron chi connectivity index (χ0n) is 12.2. The molecule has 1 fully saturated rings. The minimum atomic E-state index is 0.385. The van der Waals surface area contributed by atoms with Gasteiger partial charge in [-0.25, -0.2) is 9.97 Å². The van der Waals surface area contributed by atoms with Crippen molar-refractivity contribution in [3.63, 3.8) is 0 Å². The first-order chi connectivity index (χ1) is 9.15. The minimum absolute atomic E-state index is 0.385. The van der Waals surface area contributed by atoms with E-state index in [0.717, 1.165) is 31.0 Å². The molecule has 106 valence electrons. The molecule has 1 aromatic rings. The van der Waals surface area contributed by atoms with E-state index < -0.39 is 0 Å². The molecule has 5 nitrogen and oxygen atoms in total. The third-order valence-electron chi connectivity index (χ3n) is 3.57. The standard InChI is InChI=1S/C14H24N4O/c1-5-15-13-12(9(2)3)14(17-8-16-13)18-10-6-11(7-10)19-4/h8-11H,5-7H2,1-4H3,(H2,15,16,17,18). The molecule has 2 N–H and O–H groups in total. The smallest absolute Gasteiger partial charge is 0.135 e. The number of hydrogen-bond donors (Lipinski definition) is 2. The molecule has 0 aliphatic heterocycles. The highest BCUT2D eigenvalue weighted by Crippen LogP contribution is 2.32. The number of methoxy groups -OCH3 is 1. The summed E-state index contributed by atoms with van der Waals surface area (Å²) in [5, 5.41) is 6.83. The average Bonchev–Trinajstić information content (AvgIpc) is 2.33. The van der Waals surface area contributed by atoms with Gasteiger partial charge in [0.2, 0.25) is 0 Å². The highest BCUT2D eigenvalue weighted by Gasteiger charge is 2.30. The van der Waals surface area contributed by atoms with Gasteiger partial charge in [-0.05, 0) is 25.7 Å². The fraction of sp³-hybridized carbons (Fsp3) is 0.714. The second kappa shape index (κ2) is 6.19. The van der Waals surface area contributed by atoms with Gasteiger partial charge in [0.25, 0.3) is 0 Å². The molecule has 0 atom stereocenters. The Labute approximate surface area is 115 Å². The van der Waals surface area contributed by atoms with Crippen LogP contribution in [0.15, 0.2) is 6.33 Å². The Morgan fingerprint density at radius 1 is 1.32 bits per heavy atom. The summed E-state index contributed by atoms with van der Waals surface area (Å²) in [6, 6.07) is 0.465. The number of nitrogens with one attached hydrogen (secondary N) is 2. The van der Waals surface area contributed by atoms with Gasteiger partial charge in [0.05, 0.1) is 6.10 Å². The second-order valence-corrected chi connectivity index (χ2v) is 5.34. The first kappa shape index (κ1) is 14.1. The molecule has 0 amide bonds. The maximum absolute atomic E-state index is 5.31. The van der Waals surface area contributed by atoms with Gasteiger partial charge in [0.1, 0.15) is 18.0 Å². The van der Waals surface area contributed by atoms with E-state index in [2.05, 4.69) is 41.4 Å². The average molecular weight is 264 g/mol. The van der Waals surface area contributed by atoms with Gasteiger partial charge in [-0.3, -0.25) is 0 Å². The van der Waals surface area contributed by atoms with E-state index in [1.165, 1.54) is 5.56 Å². The molecule has 1 heterocycles. The van der Waals surface area contributed by atoms with Gasteiger partial charge in [-0.15, -0.1) is 0 Å². The number of nitrogens with zero attached hydrogens (tertiary/aromatic N) is 2. The predicted molar refractivity (Wildman–Crippen MR) is 77.7 cm³/mol. The molecule has 1 aromatic heterocycles. The fourth-order valence-electron chi connectivity index (χ4n) is 2.44. The third-order valence-corrected chi connectivity index (χ3v) is 3.57. The van der Waals surface area contributed by atoms with E-state index in [0.29, 0.717) is 18.1 Å². The molecule has 5 heteroatoms. The second-order valence-electron chi connectivity index (χ2n) is 5.34. The Morgan fingerprint density at radius 3 is 2.58 bits per heavy atom. The molecule has 19 heavy (non-hydrogen) atoms. The summed E-state index contributed by atoms with van der Waals surface area (Å²) in [5.41, 5.74) is 1.17. The minimum Gasteiger partial charge on any atom is -0.381 e. The van der Waals surface area contributed by atoms with Crippen LogP contribution in [0, 0.1) is 0 Å². The fourth-order valence-corrected chi connectivity index (χ4v) is 2.44. The van der Waals surface area contributed by atoms with Crippen LogP contribution < -0.4 is 10.6 Å². The highest BCUT2D eigenvalue weighted by molar-refractivity contribution is 5.59. The van der Waals surface area contributed by atoms with E-state index >= 15 is 0 Å². The van der Waals surface area contributed by atoms with Crippen molar-refractivity contribution in [3.8, 4) is 0 Å². The summed E-state index contributed by atoms with van der Waals surface area (Å²) in [7, 11) is 1.77. The van der Waals surface area contributed by atoms with Crippen molar-refractivity contribution in [2.24, 2.45) is 0 Å². The van der Waals surface area contributed by atoms with Crippen molar-refractivity contribution in [2.75, 3.05) is 24.3 Å². The van der Waals surface area contributed by atoms with Crippen LogP contribution in [-0.2, 0) is 4.74 Å². The van der Waals surface area contributed by atoms with Crippen molar-refractivity contribution < 1.29 is 4.74 Å². The van der Waals surface area contributed by atoms with Gasteiger partial charge in [-0.1, -0.05) is 13.8 Å². The van der Waals surface area contributed by atoms with Crippen LogP contribution in [-0.4, -0.2) is 35.8 Å². The maximum atomic E-state index is 5.31. The quantitative estimate of drug-likeness (QED) is 0.827. The first-order valence-electron chi connectivity index (χ1n) is 7.03. The third kappa shape index (κ3) is 3.15. The van der Waals surface area contributed by atoms with E-state index in [4.69, 9.17) is 4.74 Å². The molecule has 2 rings (SSSR count). The van der Waals surface area contributed by atoms with Crippen molar-refractivity contribution in [2.45, 2.75) is 51.7 Å². The molecule has 0 spiro atoms. The monoisotopic (exact) mass is 264 g/mol. The SMILES string of the molecule is CCNc1ncnc(NC2CC(OC)C2)c1C(C)C. The Bertz CT molecular complexity index is 416. The normalized spacial score (nSPS) is 22.2. The lowest BCUT2D eigenvalue weighted by atomic mass is 9.89. The van der Waals surface area contributed by atoms with E-state index in [1.54, 1.807) is 13.4 Å². The Balaban J connectivity index is 2.13. The van der Waals surface area contributed by atoms with Gasteiger partial charge in [-0.2, -0.15) is 0 Å². The Kier molecular flexibility index (Phi) is 4.58. The van der Waals surface area contributed by atoms with Crippen molar-refractivity contribution in [3.05, 3.63) is 11.9 Å². The van der Waals surface area contributed by atoms with Gasteiger partial charge in [0, 0.05) is 25.3 Å². The van der Waals surface area contributed by atoms with E-state index in [-0.39, 0.29) is 0 Å². The van der Waals surface area contributed by atoms with Crippen LogP contribution in [0.5, 0.6) is 0 Å². The van der Waals surface area contributed by atoms with Crippen LogP contribution in [0.2, 0.25) is 0 Å².